The standard InChI is InChI=1S/C25H31N3/c1-18-14-15-19(2)28(18)25-13-7-11-23(26-25)21-9-5-8-20(16-21)17-22-10-6-12-24(22)27(3)4/h5,7-9,11,13-16,22,24H,6,10,12,17H2,1-4H3. The number of rotatable bonds is 5. The summed E-state index contributed by atoms with van der Waals surface area (Å²) in [6, 6.07) is 20.3. The lowest BCUT2D eigenvalue weighted by Gasteiger charge is -2.26. The van der Waals surface area contributed by atoms with Crippen LogP contribution in [0, 0.1) is 19.8 Å². The predicted octanol–water partition coefficient (Wildman–Crippen LogP) is 5.43. The van der Waals surface area contributed by atoms with Crippen molar-refractivity contribution in [3.05, 3.63) is 71.5 Å². The molecule has 1 aliphatic carbocycles. The summed E-state index contributed by atoms with van der Waals surface area (Å²) in [5, 5.41) is 0. The summed E-state index contributed by atoms with van der Waals surface area (Å²) >= 11 is 0. The number of aryl methyl sites for hydroxylation is 2. The number of pyridine rings is 1. The fraction of sp³-hybridized carbons (Fsp3) is 0.400. The maximum absolute atomic E-state index is 4.98. The lowest BCUT2D eigenvalue weighted by atomic mass is 9.93. The molecule has 1 aliphatic rings. The molecule has 3 nitrogen and oxygen atoms in total. The molecule has 3 aromatic rings. The fourth-order valence-electron chi connectivity index (χ4n) is 4.83. The lowest BCUT2D eigenvalue weighted by Crippen LogP contribution is -2.32. The zero-order valence-corrected chi connectivity index (χ0v) is 17.5. The topological polar surface area (TPSA) is 21.1 Å². The molecule has 2 aromatic heterocycles. The third kappa shape index (κ3) is 3.77. The molecule has 0 N–H and O–H groups in total. The Bertz CT molecular complexity index is 934. The molecule has 0 bridgehead atoms. The van der Waals surface area contributed by atoms with Crippen LogP contribution in [0.3, 0.4) is 0 Å². The first kappa shape index (κ1) is 18.9. The number of aromatic nitrogens is 2. The van der Waals surface area contributed by atoms with Gasteiger partial charge in [-0.25, -0.2) is 4.98 Å². The van der Waals surface area contributed by atoms with Gasteiger partial charge in [0.05, 0.1) is 5.69 Å². The monoisotopic (exact) mass is 373 g/mol. The van der Waals surface area contributed by atoms with Gasteiger partial charge in [-0.1, -0.05) is 30.7 Å². The number of nitrogens with zero attached hydrogens (tertiary/aromatic N) is 3. The minimum atomic E-state index is 0.713. The minimum absolute atomic E-state index is 0.713. The van der Waals surface area contributed by atoms with Gasteiger partial charge >= 0.3 is 0 Å². The van der Waals surface area contributed by atoms with Gasteiger partial charge in [0, 0.05) is 23.0 Å². The second-order valence-electron chi connectivity index (χ2n) is 8.46. The Labute approximate surface area is 169 Å². The second-order valence-corrected chi connectivity index (χ2v) is 8.46. The maximum atomic E-state index is 4.98. The van der Waals surface area contributed by atoms with Gasteiger partial charge in [-0.2, -0.15) is 0 Å². The molecular formula is C25H31N3. The van der Waals surface area contributed by atoms with Crippen LogP contribution in [0.1, 0.15) is 36.2 Å². The Hall–Kier alpha value is -2.39. The summed E-state index contributed by atoms with van der Waals surface area (Å²) in [5.41, 5.74) is 6.11. The molecule has 0 radical (unpaired) electrons. The number of hydrogen-bond donors (Lipinski definition) is 0. The first-order chi connectivity index (χ1) is 13.5. The van der Waals surface area contributed by atoms with Crippen LogP contribution in [0.4, 0.5) is 0 Å². The summed E-state index contributed by atoms with van der Waals surface area (Å²) in [6.07, 6.45) is 5.18. The van der Waals surface area contributed by atoms with E-state index in [4.69, 9.17) is 4.98 Å². The summed E-state index contributed by atoms with van der Waals surface area (Å²) in [4.78, 5) is 7.39. The molecule has 2 atom stereocenters. The van der Waals surface area contributed by atoms with E-state index in [1.165, 1.54) is 41.8 Å². The summed E-state index contributed by atoms with van der Waals surface area (Å²) in [7, 11) is 4.44. The quantitative estimate of drug-likeness (QED) is 0.595. The first-order valence-corrected chi connectivity index (χ1v) is 10.4. The van der Waals surface area contributed by atoms with Gasteiger partial charge in [-0.05, 0) is 89.0 Å². The van der Waals surface area contributed by atoms with E-state index in [0.717, 1.165) is 23.9 Å². The Morgan fingerprint density at radius 2 is 1.71 bits per heavy atom. The zero-order chi connectivity index (χ0) is 19.7. The summed E-state index contributed by atoms with van der Waals surface area (Å²) in [6.45, 7) is 4.26. The van der Waals surface area contributed by atoms with Crippen molar-refractivity contribution in [1.82, 2.24) is 14.5 Å². The molecule has 3 heteroatoms. The first-order valence-electron chi connectivity index (χ1n) is 10.4. The predicted molar refractivity (Wildman–Crippen MR) is 117 cm³/mol. The van der Waals surface area contributed by atoms with Crippen LogP contribution in [0.2, 0.25) is 0 Å². The van der Waals surface area contributed by atoms with Crippen LogP contribution in [-0.2, 0) is 6.42 Å². The van der Waals surface area contributed by atoms with Crippen molar-refractivity contribution in [2.45, 2.75) is 45.6 Å². The van der Waals surface area contributed by atoms with Crippen molar-refractivity contribution in [2.75, 3.05) is 14.1 Å². The van der Waals surface area contributed by atoms with Gasteiger partial charge in [0.2, 0.25) is 0 Å². The Morgan fingerprint density at radius 3 is 2.46 bits per heavy atom. The van der Waals surface area contributed by atoms with E-state index in [0.29, 0.717) is 6.04 Å². The van der Waals surface area contributed by atoms with Crippen LogP contribution in [0.25, 0.3) is 17.1 Å². The van der Waals surface area contributed by atoms with Crippen LogP contribution in [0.15, 0.2) is 54.6 Å². The highest BCUT2D eigenvalue weighted by molar-refractivity contribution is 5.61. The van der Waals surface area contributed by atoms with Crippen LogP contribution in [-0.4, -0.2) is 34.6 Å². The van der Waals surface area contributed by atoms with Crippen molar-refractivity contribution >= 4 is 0 Å². The Morgan fingerprint density at radius 1 is 0.964 bits per heavy atom. The maximum Gasteiger partial charge on any atom is 0.137 e. The van der Waals surface area contributed by atoms with Gasteiger partial charge in [0.25, 0.3) is 0 Å². The molecule has 1 fully saturated rings. The van der Waals surface area contributed by atoms with Gasteiger partial charge in [-0.15, -0.1) is 0 Å². The molecule has 1 saturated carbocycles. The molecular weight excluding hydrogens is 342 g/mol. The molecule has 0 aliphatic heterocycles. The van der Waals surface area contributed by atoms with Crippen LogP contribution < -0.4 is 0 Å². The van der Waals surface area contributed by atoms with E-state index < -0.39 is 0 Å². The molecule has 146 valence electrons. The Kier molecular flexibility index (Phi) is 5.36. The molecule has 28 heavy (non-hydrogen) atoms. The lowest BCUT2D eigenvalue weighted by molar-refractivity contribution is 0.236. The third-order valence-corrected chi connectivity index (χ3v) is 6.24. The highest BCUT2D eigenvalue weighted by atomic mass is 15.1. The molecule has 4 rings (SSSR count). The van der Waals surface area contributed by atoms with E-state index in [1.54, 1.807) is 0 Å². The molecule has 1 aromatic carbocycles. The third-order valence-electron chi connectivity index (χ3n) is 6.24. The fourth-order valence-corrected chi connectivity index (χ4v) is 4.83. The number of benzene rings is 1. The van der Waals surface area contributed by atoms with Crippen LogP contribution >= 0.6 is 0 Å². The Balaban J connectivity index is 1.61. The summed E-state index contributed by atoms with van der Waals surface area (Å²) < 4.78 is 2.22. The van der Waals surface area contributed by atoms with E-state index in [-0.39, 0.29) is 0 Å². The van der Waals surface area contributed by atoms with Crippen molar-refractivity contribution < 1.29 is 0 Å². The largest absolute Gasteiger partial charge is 0.306 e. The molecule has 0 spiro atoms. The SMILES string of the molecule is Cc1ccc(C)n1-c1cccc(-c2cccc(CC3CCCC3N(C)C)c2)n1. The normalized spacial score (nSPS) is 19.5. The zero-order valence-electron chi connectivity index (χ0n) is 17.5. The molecule has 2 heterocycles. The molecule has 0 amide bonds. The van der Waals surface area contributed by atoms with Crippen molar-refractivity contribution in [1.29, 1.82) is 0 Å². The highest BCUT2D eigenvalue weighted by Crippen LogP contribution is 2.32. The van der Waals surface area contributed by atoms with Crippen molar-refractivity contribution in [3.63, 3.8) is 0 Å². The molecule has 0 saturated heterocycles. The van der Waals surface area contributed by atoms with Gasteiger partial charge < -0.3 is 9.47 Å². The average Bonchev–Trinajstić information content (AvgIpc) is 3.28. The van der Waals surface area contributed by atoms with Gasteiger partial charge in [-0.3, -0.25) is 0 Å². The van der Waals surface area contributed by atoms with Gasteiger partial charge in [0.15, 0.2) is 0 Å². The van der Waals surface area contributed by atoms with Gasteiger partial charge in [0.1, 0.15) is 5.82 Å². The number of hydrogen-bond acceptors (Lipinski definition) is 2. The van der Waals surface area contributed by atoms with E-state index in [2.05, 4.69) is 92.0 Å². The minimum Gasteiger partial charge on any atom is -0.306 e. The van der Waals surface area contributed by atoms with Crippen molar-refractivity contribution in [3.8, 4) is 17.1 Å². The van der Waals surface area contributed by atoms with E-state index >= 15 is 0 Å². The smallest absolute Gasteiger partial charge is 0.137 e. The molecule has 2 unspecified atom stereocenters. The van der Waals surface area contributed by atoms with Crippen LogP contribution in [0.5, 0.6) is 0 Å². The average molecular weight is 374 g/mol. The van der Waals surface area contributed by atoms with E-state index in [1.807, 2.05) is 0 Å². The van der Waals surface area contributed by atoms with Crippen molar-refractivity contribution in [2.24, 2.45) is 5.92 Å². The highest BCUT2D eigenvalue weighted by Gasteiger charge is 2.28. The summed E-state index contributed by atoms with van der Waals surface area (Å²) in [5.74, 6) is 1.75. The second kappa shape index (κ2) is 7.92. The van der Waals surface area contributed by atoms with E-state index in [9.17, 15) is 0 Å².